The summed E-state index contributed by atoms with van der Waals surface area (Å²) in [4.78, 5) is 0. The molecule has 0 aromatic heterocycles. The molecular weight excluding hydrogens is 196 g/mol. The van der Waals surface area contributed by atoms with Crippen LogP contribution < -0.4 is 10.6 Å². The molecule has 1 aromatic rings. The quantitative estimate of drug-likeness (QED) is 0.582. The normalized spacial score (nSPS) is 11.4. The van der Waals surface area contributed by atoms with Gasteiger partial charge in [-0.1, -0.05) is 36.3 Å². The summed E-state index contributed by atoms with van der Waals surface area (Å²) < 4.78 is 0. The highest BCUT2D eigenvalue weighted by Gasteiger charge is 1.99. The van der Waals surface area contributed by atoms with E-state index >= 15 is 0 Å². The Labute approximate surface area is 98.4 Å². The fourth-order valence-electron chi connectivity index (χ4n) is 1.43. The maximum atomic E-state index is 3.49. The predicted molar refractivity (Wildman–Crippen MR) is 68.8 cm³/mol. The molecule has 0 radical (unpaired) electrons. The molecule has 0 spiro atoms. The zero-order chi connectivity index (χ0) is 11.6. The van der Waals surface area contributed by atoms with E-state index in [1.54, 1.807) is 0 Å². The molecule has 1 unspecified atom stereocenters. The zero-order valence-corrected chi connectivity index (χ0v) is 10.1. The SMILES string of the molecule is CNC#CCCC(C)NCc1ccccc1. The second kappa shape index (κ2) is 7.78. The van der Waals surface area contributed by atoms with E-state index in [2.05, 4.69) is 53.8 Å². The summed E-state index contributed by atoms with van der Waals surface area (Å²) in [6.45, 7) is 3.13. The lowest BCUT2D eigenvalue weighted by molar-refractivity contribution is 0.520. The van der Waals surface area contributed by atoms with Gasteiger partial charge in [-0.3, -0.25) is 0 Å². The van der Waals surface area contributed by atoms with Gasteiger partial charge < -0.3 is 10.6 Å². The van der Waals surface area contributed by atoms with Crippen molar-refractivity contribution in [3.05, 3.63) is 35.9 Å². The Hall–Kier alpha value is -1.46. The van der Waals surface area contributed by atoms with E-state index in [4.69, 9.17) is 0 Å². The Morgan fingerprint density at radius 1 is 1.25 bits per heavy atom. The minimum Gasteiger partial charge on any atom is -0.349 e. The average molecular weight is 216 g/mol. The Balaban J connectivity index is 2.18. The third-order valence-electron chi connectivity index (χ3n) is 2.41. The molecule has 0 aliphatic heterocycles. The van der Waals surface area contributed by atoms with E-state index in [1.807, 2.05) is 13.1 Å². The van der Waals surface area contributed by atoms with Gasteiger partial charge in [0, 0.05) is 32.1 Å². The van der Waals surface area contributed by atoms with Crippen molar-refractivity contribution >= 4 is 0 Å². The van der Waals surface area contributed by atoms with Crippen molar-refractivity contribution < 1.29 is 0 Å². The number of hydrogen-bond acceptors (Lipinski definition) is 2. The highest BCUT2D eigenvalue weighted by Crippen LogP contribution is 2.00. The van der Waals surface area contributed by atoms with Crippen LogP contribution in [0.4, 0.5) is 0 Å². The monoisotopic (exact) mass is 216 g/mol. The smallest absolute Gasteiger partial charge is 0.0207 e. The minimum absolute atomic E-state index is 0.506. The van der Waals surface area contributed by atoms with Crippen LogP contribution in [0, 0.1) is 12.0 Å². The summed E-state index contributed by atoms with van der Waals surface area (Å²) >= 11 is 0. The van der Waals surface area contributed by atoms with E-state index in [9.17, 15) is 0 Å². The highest BCUT2D eigenvalue weighted by atomic mass is 14.9. The molecule has 0 fully saturated rings. The second-order valence-corrected chi connectivity index (χ2v) is 3.86. The van der Waals surface area contributed by atoms with E-state index in [1.165, 1.54) is 5.56 Å². The Bertz CT molecular complexity index is 335. The molecule has 0 saturated carbocycles. The van der Waals surface area contributed by atoms with Crippen molar-refractivity contribution in [3.8, 4) is 12.0 Å². The van der Waals surface area contributed by atoms with Crippen LogP contribution in [-0.4, -0.2) is 13.1 Å². The van der Waals surface area contributed by atoms with Crippen molar-refractivity contribution in [1.29, 1.82) is 0 Å². The van der Waals surface area contributed by atoms with E-state index in [0.717, 1.165) is 19.4 Å². The van der Waals surface area contributed by atoms with Crippen molar-refractivity contribution in [1.82, 2.24) is 10.6 Å². The summed E-state index contributed by atoms with van der Waals surface area (Å²) in [6, 6.07) is 13.8. The summed E-state index contributed by atoms with van der Waals surface area (Å²) in [6.07, 6.45) is 2.02. The van der Waals surface area contributed by atoms with Gasteiger partial charge in [0.1, 0.15) is 0 Å². The third kappa shape index (κ3) is 5.43. The van der Waals surface area contributed by atoms with Gasteiger partial charge in [-0.2, -0.15) is 0 Å². The van der Waals surface area contributed by atoms with Crippen LogP contribution in [0.2, 0.25) is 0 Å². The molecule has 1 atom stereocenters. The van der Waals surface area contributed by atoms with Gasteiger partial charge in [-0.05, 0) is 18.9 Å². The van der Waals surface area contributed by atoms with Crippen molar-refractivity contribution in [2.75, 3.05) is 7.05 Å². The van der Waals surface area contributed by atoms with Gasteiger partial charge in [0.25, 0.3) is 0 Å². The molecule has 1 aromatic carbocycles. The number of benzene rings is 1. The van der Waals surface area contributed by atoms with Crippen LogP contribution in [-0.2, 0) is 6.54 Å². The maximum Gasteiger partial charge on any atom is 0.0207 e. The van der Waals surface area contributed by atoms with Crippen LogP contribution in [0.25, 0.3) is 0 Å². The van der Waals surface area contributed by atoms with Crippen molar-refractivity contribution in [2.24, 2.45) is 0 Å². The minimum atomic E-state index is 0.506. The maximum absolute atomic E-state index is 3.49. The fraction of sp³-hybridized carbons (Fsp3) is 0.429. The lowest BCUT2D eigenvalue weighted by Crippen LogP contribution is -2.25. The van der Waals surface area contributed by atoms with Crippen LogP contribution in [0.3, 0.4) is 0 Å². The summed E-state index contributed by atoms with van der Waals surface area (Å²) in [5.41, 5.74) is 1.33. The number of rotatable bonds is 5. The first kappa shape index (κ1) is 12.6. The molecule has 0 heterocycles. The standard InChI is InChI=1S/C14H20N2/c1-13(8-6-7-11-15-2)16-12-14-9-4-3-5-10-14/h3-5,9-10,13,15-16H,6,8,12H2,1-2H3. The van der Waals surface area contributed by atoms with Crippen LogP contribution in [0.5, 0.6) is 0 Å². The van der Waals surface area contributed by atoms with E-state index in [0.29, 0.717) is 6.04 Å². The van der Waals surface area contributed by atoms with Gasteiger partial charge in [-0.15, -0.1) is 0 Å². The van der Waals surface area contributed by atoms with Gasteiger partial charge in [0.2, 0.25) is 0 Å². The van der Waals surface area contributed by atoms with Crippen LogP contribution in [0.15, 0.2) is 30.3 Å². The topological polar surface area (TPSA) is 24.1 Å². The molecule has 86 valence electrons. The Kier molecular flexibility index (Phi) is 6.13. The summed E-state index contributed by atoms with van der Waals surface area (Å²) in [5.74, 6) is 3.06. The first-order chi connectivity index (χ1) is 7.83. The average Bonchev–Trinajstić information content (AvgIpc) is 2.33. The molecule has 1 rings (SSSR count). The lowest BCUT2D eigenvalue weighted by atomic mass is 10.1. The fourth-order valence-corrected chi connectivity index (χ4v) is 1.43. The molecular formula is C14H20N2. The van der Waals surface area contributed by atoms with Gasteiger partial charge in [-0.25, -0.2) is 0 Å². The molecule has 16 heavy (non-hydrogen) atoms. The van der Waals surface area contributed by atoms with E-state index in [-0.39, 0.29) is 0 Å². The summed E-state index contributed by atoms with van der Waals surface area (Å²) in [7, 11) is 1.84. The molecule has 2 N–H and O–H groups in total. The Morgan fingerprint density at radius 2 is 2.00 bits per heavy atom. The van der Waals surface area contributed by atoms with Crippen molar-refractivity contribution in [2.45, 2.75) is 32.4 Å². The largest absolute Gasteiger partial charge is 0.349 e. The second-order valence-electron chi connectivity index (χ2n) is 3.86. The summed E-state index contributed by atoms with van der Waals surface area (Å²) in [5, 5.41) is 6.31. The number of nitrogens with one attached hydrogen (secondary N) is 2. The number of hydrogen-bond donors (Lipinski definition) is 2. The first-order valence-corrected chi connectivity index (χ1v) is 5.75. The van der Waals surface area contributed by atoms with Crippen LogP contribution >= 0.6 is 0 Å². The van der Waals surface area contributed by atoms with Crippen LogP contribution in [0.1, 0.15) is 25.3 Å². The zero-order valence-electron chi connectivity index (χ0n) is 10.1. The molecule has 2 heteroatoms. The van der Waals surface area contributed by atoms with Gasteiger partial charge in [0.15, 0.2) is 0 Å². The molecule has 2 nitrogen and oxygen atoms in total. The molecule has 0 aliphatic carbocycles. The molecule has 0 amide bonds. The molecule has 0 bridgehead atoms. The third-order valence-corrected chi connectivity index (χ3v) is 2.41. The van der Waals surface area contributed by atoms with E-state index < -0.39 is 0 Å². The molecule has 0 aliphatic rings. The Morgan fingerprint density at radius 3 is 2.69 bits per heavy atom. The van der Waals surface area contributed by atoms with Crippen molar-refractivity contribution in [3.63, 3.8) is 0 Å². The lowest BCUT2D eigenvalue weighted by Gasteiger charge is -2.11. The highest BCUT2D eigenvalue weighted by molar-refractivity contribution is 5.14. The molecule has 0 saturated heterocycles. The van der Waals surface area contributed by atoms with Gasteiger partial charge in [0.05, 0.1) is 0 Å². The van der Waals surface area contributed by atoms with Gasteiger partial charge >= 0.3 is 0 Å². The first-order valence-electron chi connectivity index (χ1n) is 5.75. The predicted octanol–water partition coefficient (Wildman–Crippen LogP) is 2.13.